The van der Waals surface area contributed by atoms with Crippen LogP contribution in [-0.4, -0.2) is 61.9 Å². The lowest BCUT2D eigenvalue weighted by Gasteiger charge is -2.24. The van der Waals surface area contributed by atoms with Crippen molar-refractivity contribution in [3.8, 4) is 5.75 Å². The van der Waals surface area contributed by atoms with Crippen LogP contribution >= 0.6 is 0 Å². The molecular weight excluding hydrogens is 368 g/mol. The molecule has 1 aromatic carbocycles. The molecule has 1 fully saturated rings. The molecular formula is C19H28N2O5S. The Bertz CT molecular complexity index is 763. The van der Waals surface area contributed by atoms with Gasteiger partial charge in [0.2, 0.25) is 21.8 Å². The van der Waals surface area contributed by atoms with Crippen molar-refractivity contribution >= 4 is 21.8 Å². The average molecular weight is 397 g/mol. The molecule has 0 unspecified atom stereocenters. The third-order valence-corrected chi connectivity index (χ3v) is 6.55. The first-order valence-corrected chi connectivity index (χ1v) is 10.9. The average Bonchev–Trinajstić information content (AvgIpc) is 3.03. The van der Waals surface area contributed by atoms with E-state index in [1.165, 1.54) is 7.11 Å². The van der Waals surface area contributed by atoms with Crippen LogP contribution in [0.15, 0.2) is 24.3 Å². The van der Waals surface area contributed by atoms with E-state index in [1.54, 1.807) is 36.1 Å². The normalized spacial score (nSPS) is 14.4. The lowest BCUT2D eigenvalue weighted by molar-refractivity contribution is -0.127. The largest absolute Gasteiger partial charge is 0.496 e. The van der Waals surface area contributed by atoms with Crippen LogP contribution in [0.25, 0.3) is 0 Å². The number of methoxy groups -OCH3 is 1. The molecule has 0 aliphatic carbocycles. The standard InChI is InChI=1S/C19H28N2O5S/c1-3-14-27(24,25)21(13-7-12-20-11-6-10-18(20)22)19(23)15-16-8-4-5-9-17(16)26-2/h4-5,8-9H,3,6-7,10-15H2,1-2H3. The SMILES string of the molecule is CCCS(=O)(=O)N(CCCN1CCCC1=O)C(=O)Cc1ccccc1OC. The molecule has 1 heterocycles. The summed E-state index contributed by atoms with van der Waals surface area (Å²) < 4.78 is 31.4. The number of carbonyl (C=O) groups is 2. The molecule has 0 spiro atoms. The summed E-state index contributed by atoms with van der Waals surface area (Å²) >= 11 is 0. The van der Waals surface area contributed by atoms with E-state index in [0.29, 0.717) is 43.7 Å². The summed E-state index contributed by atoms with van der Waals surface area (Å²) in [5.41, 5.74) is 0.649. The fraction of sp³-hybridized carbons (Fsp3) is 0.579. The molecule has 8 heteroatoms. The molecule has 2 amide bonds. The molecule has 1 aliphatic heterocycles. The van der Waals surface area contributed by atoms with Gasteiger partial charge in [0.15, 0.2) is 0 Å². The molecule has 7 nitrogen and oxygen atoms in total. The number of hydrogen-bond acceptors (Lipinski definition) is 5. The Hall–Kier alpha value is -2.09. The van der Waals surface area contributed by atoms with Gasteiger partial charge in [-0.25, -0.2) is 12.7 Å². The highest BCUT2D eigenvalue weighted by Gasteiger charge is 2.28. The van der Waals surface area contributed by atoms with E-state index in [0.717, 1.165) is 10.7 Å². The topological polar surface area (TPSA) is 84.0 Å². The number of likely N-dealkylation sites (tertiary alicyclic amines) is 1. The Morgan fingerprint density at radius 2 is 2.04 bits per heavy atom. The minimum Gasteiger partial charge on any atom is -0.496 e. The third-order valence-electron chi connectivity index (χ3n) is 4.57. The number of ether oxygens (including phenoxy) is 1. The number of carbonyl (C=O) groups excluding carboxylic acids is 2. The smallest absolute Gasteiger partial charge is 0.240 e. The lowest BCUT2D eigenvalue weighted by Crippen LogP contribution is -2.41. The number of benzene rings is 1. The molecule has 0 bridgehead atoms. The van der Waals surface area contributed by atoms with Gasteiger partial charge in [-0.2, -0.15) is 0 Å². The predicted octanol–water partition coefficient (Wildman–Crippen LogP) is 1.82. The zero-order valence-electron chi connectivity index (χ0n) is 16.0. The minimum absolute atomic E-state index is 0.0460. The van der Waals surface area contributed by atoms with E-state index in [4.69, 9.17) is 4.74 Å². The number of nitrogens with zero attached hydrogens (tertiary/aromatic N) is 2. The van der Waals surface area contributed by atoms with E-state index >= 15 is 0 Å². The van der Waals surface area contributed by atoms with Crippen molar-refractivity contribution in [3.05, 3.63) is 29.8 Å². The van der Waals surface area contributed by atoms with Crippen LogP contribution < -0.4 is 4.74 Å². The number of para-hydroxylation sites is 1. The van der Waals surface area contributed by atoms with E-state index in [-0.39, 0.29) is 24.6 Å². The van der Waals surface area contributed by atoms with Crippen molar-refractivity contribution < 1.29 is 22.7 Å². The van der Waals surface area contributed by atoms with Crippen LogP contribution in [0.5, 0.6) is 5.75 Å². The second kappa shape index (κ2) is 9.73. The Morgan fingerprint density at radius 3 is 2.67 bits per heavy atom. The van der Waals surface area contributed by atoms with Crippen LogP contribution in [0.1, 0.15) is 38.2 Å². The van der Waals surface area contributed by atoms with Gasteiger partial charge in [-0.15, -0.1) is 0 Å². The molecule has 1 aliphatic rings. The zero-order valence-corrected chi connectivity index (χ0v) is 16.8. The van der Waals surface area contributed by atoms with Crippen LogP contribution in [0.3, 0.4) is 0 Å². The Morgan fingerprint density at radius 1 is 1.30 bits per heavy atom. The number of hydrogen-bond donors (Lipinski definition) is 0. The number of rotatable bonds is 10. The molecule has 0 N–H and O–H groups in total. The lowest BCUT2D eigenvalue weighted by atomic mass is 10.1. The fourth-order valence-corrected chi connectivity index (χ4v) is 4.75. The van der Waals surface area contributed by atoms with Gasteiger partial charge < -0.3 is 9.64 Å². The quantitative estimate of drug-likeness (QED) is 0.602. The number of sulfonamides is 1. The summed E-state index contributed by atoms with van der Waals surface area (Å²) in [7, 11) is -2.17. The van der Waals surface area contributed by atoms with Crippen molar-refractivity contribution in [2.75, 3.05) is 32.5 Å². The summed E-state index contributed by atoms with van der Waals surface area (Å²) in [6.45, 7) is 3.03. The van der Waals surface area contributed by atoms with E-state index in [9.17, 15) is 18.0 Å². The van der Waals surface area contributed by atoms with E-state index in [1.807, 2.05) is 0 Å². The highest BCUT2D eigenvalue weighted by Crippen LogP contribution is 2.20. The highest BCUT2D eigenvalue weighted by molar-refractivity contribution is 7.89. The second-order valence-corrected chi connectivity index (χ2v) is 8.62. The monoisotopic (exact) mass is 396 g/mol. The maximum absolute atomic E-state index is 12.8. The van der Waals surface area contributed by atoms with Crippen molar-refractivity contribution in [1.29, 1.82) is 0 Å². The van der Waals surface area contributed by atoms with Crippen molar-refractivity contribution in [2.45, 2.75) is 39.0 Å². The maximum Gasteiger partial charge on any atom is 0.240 e. The maximum atomic E-state index is 12.8. The summed E-state index contributed by atoms with van der Waals surface area (Å²) in [5.74, 6) is 0.105. The molecule has 0 atom stereocenters. The molecule has 1 saturated heterocycles. The molecule has 0 aromatic heterocycles. The van der Waals surface area contributed by atoms with Gasteiger partial charge in [-0.3, -0.25) is 9.59 Å². The van der Waals surface area contributed by atoms with Crippen molar-refractivity contribution in [1.82, 2.24) is 9.21 Å². The summed E-state index contributed by atoms with van der Waals surface area (Å²) in [6.07, 6.45) is 2.21. The first-order chi connectivity index (χ1) is 12.9. The highest BCUT2D eigenvalue weighted by atomic mass is 32.2. The van der Waals surface area contributed by atoms with Crippen molar-refractivity contribution in [2.24, 2.45) is 0 Å². The Kier molecular flexibility index (Phi) is 7.65. The van der Waals surface area contributed by atoms with E-state index < -0.39 is 15.9 Å². The van der Waals surface area contributed by atoms with Gasteiger partial charge in [0.05, 0.1) is 19.3 Å². The Balaban J connectivity index is 2.09. The van der Waals surface area contributed by atoms with Crippen LogP contribution in [0, 0.1) is 0 Å². The van der Waals surface area contributed by atoms with Gasteiger partial charge in [0.1, 0.15) is 5.75 Å². The van der Waals surface area contributed by atoms with Crippen LogP contribution in [0.2, 0.25) is 0 Å². The second-order valence-electron chi connectivity index (χ2n) is 6.61. The van der Waals surface area contributed by atoms with Crippen LogP contribution in [0.4, 0.5) is 0 Å². The van der Waals surface area contributed by atoms with Crippen molar-refractivity contribution in [3.63, 3.8) is 0 Å². The van der Waals surface area contributed by atoms with Gasteiger partial charge in [0.25, 0.3) is 0 Å². The molecule has 1 aromatic rings. The zero-order chi connectivity index (χ0) is 19.9. The van der Waals surface area contributed by atoms with Gasteiger partial charge in [-0.1, -0.05) is 25.1 Å². The summed E-state index contributed by atoms with van der Waals surface area (Å²) in [6, 6.07) is 7.08. The van der Waals surface area contributed by atoms with Crippen LogP contribution in [-0.2, 0) is 26.0 Å². The first kappa shape index (κ1) is 21.2. The summed E-state index contributed by atoms with van der Waals surface area (Å²) in [4.78, 5) is 26.2. The molecule has 2 rings (SSSR count). The van der Waals surface area contributed by atoms with E-state index in [2.05, 4.69) is 0 Å². The molecule has 150 valence electrons. The van der Waals surface area contributed by atoms with Gasteiger partial charge >= 0.3 is 0 Å². The molecule has 0 radical (unpaired) electrons. The molecule has 27 heavy (non-hydrogen) atoms. The molecule has 0 saturated carbocycles. The fourth-order valence-electron chi connectivity index (χ4n) is 3.23. The minimum atomic E-state index is -3.68. The number of amides is 2. The third kappa shape index (κ3) is 5.69. The summed E-state index contributed by atoms with van der Waals surface area (Å²) in [5, 5.41) is 0. The Labute approximate surface area is 161 Å². The van der Waals surface area contributed by atoms with Gasteiger partial charge in [-0.05, 0) is 25.3 Å². The first-order valence-electron chi connectivity index (χ1n) is 9.32. The predicted molar refractivity (Wildman–Crippen MR) is 103 cm³/mol. The van der Waals surface area contributed by atoms with Gasteiger partial charge in [0, 0.05) is 31.6 Å².